The van der Waals surface area contributed by atoms with Gasteiger partial charge in [-0.25, -0.2) is 12.8 Å². The number of benzene rings is 1. The van der Waals surface area contributed by atoms with Gasteiger partial charge in [-0.05, 0) is 36.6 Å². The summed E-state index contributed by atoms with van der Waals surface area (Å²) in [6, 6.07) is 6.75. The lowest BCUT2D eigenvalue weighted by atomic mass is 9.95. The third kappa shape index (κ3) is 3.76. The molecule has 0 aliphatic carbocycles. The molecule has 19 heavy (non-hydrogen) atoms. The van der Waals surface area contributed by atoms with Crippen molar-refractivity contribution in [1.29, 1.82) is 0 Å². The van der Waals surface area contributed by atoms with Gasteiger partial charge in [-0.2, -0.15) is 0 Å². The van der Waals surface area contributed by atoms with Crippen LogP contribution in [0.5, 0.6) is 0 Å². The van der Waals surface area contributed by atoms with Crippen LogP contribution in [-0.4, -0.2) is 38.4 Å². The first-order chi connectivity index (χ1) is 8.87. The zero-order valence-corrected chi connectivity index (χ0v) is 12.2. The molecule has 0 amide bonds. The van der Waals surface area contributed by atoms with Crippen LogP contribution in [0.1, 0.15) is 24.9 Å². The second-order valence-electron chi connectivity index (χ2n) is 5.43. The van der Waals surface area contributed by atoms with Gasteiger partial charge in [-0.15, -0.1) is 0 Å². The minimum Gasteiger partial charge on any atom is -0.295 e. The van der Waals surface area contributed by atoms with Crippen molar-refractivity contribution in [3.63, 3.8) is 0 Å². The van der Waals surface area contributed by atoms with Crippen LogP contribution in [0.15, 0.2) is 24.3 Å². The molecule has 0 saturated carbocycles. The summed E-state index contributed by atoms with van der Waals surface area (Å²) in [7, 11) is -2.96. The van der Waals surface area contributed by atoms with Gasteiger partial charge in [0, 0.05) is 18.8 Å². The van der Waals surface area contributed by atoms with E-state index in [1.165, 1.54) is 12.3 Å². The van der Waals surface area contributed by atoms with Crippen LogP contribution in [0.2, 0.25) is 0 Å². The van der Waals surface area contributed by atoms with Gasteiger partial charge >= 0.3 is 0 Å². The van der Waals surface area contributed by atoms with Crippen LogP contribution in [0.3, 0.4) is 0 Å². The van der Waals surface area contributed by atoms with Crippen LogP contribution in [-0.2, 0) is 9.84 Å². The summed E-state index contributed by atoms with van der Waals surface area (Å²) in [4.78, 5) is 2.15. The number of nitrogens with zero attached hydrogens (tertiary/aromatic N) is 1. The van der Waals surface area contributed by atoms with E-state index in [9.17, 15) is 12.8 Å². The molecule has 1 aromatic rings. The SMILES string of the molecule is C[C@H]1CCN(CCS(C)(=O)=O)[C@H]1c1cccc(F)c1. The number of hydrogen-bond acceptors (Lipinski definition) is 3. The molecule has 2 rings (SSSR count). The molecule has 5 heteroatoms. The van der Waals surface area contributed by atoms with Gasteiger partial charge in [0.25, 0.3) is 0 Å². The van der Waals surface area contributed by atoms with Crippen molar-refractivity contribution in [3.8, 4) is 0 Å². The number of likely N-dealkylation sites (tertiary alicyclic amines) is 1. The minimum absolute atomic E-state index is 0.123. The number of halogens is 1. The summed E-state index contributed by atoms with van der Waals surface area (Å²) in [6.45, 7) is 3.53. The smallest absolute Gasteiger partial charge is 0.148 e. The third-order valence-corrected chi connectivity index (χ3v) is 4.67. The van der Waals surface area contributed by atoms with Gasteiger partial charge in [-0.3, -0.25) is 4.90 Å². The second-order valence-corrected chi connectivity index (χ2v) is 7.69. The molecule has 0 spiro atoms. The van der Waals surface area contributed by atoms with Crippen LogP contribution in [0, 0.1) is 11.7 Å². The maximum Gasteiger partial charge on any atom is 0.148 e. The molecular weight excluding hydrogens is 265 g/mol. The Bertz CT molecular complexity index is 544. The molecule has 2 atom stereocenters. The Kier molecular flexibility index (Phi) is 4.26. The van der Waals surface area contributed by atoms with Gasteiger partial charge in [0.1, 0.15) is 15.7 Å². The summed E-state index contributed by atoms with van der Waals surface area (Å²) in [5, 5.41) is 0. The Morgan fingerprint density at radius 1 is 1.42 bits per heavy atom. The highest BCUT2D eigenvalue weighted by Gasteiger charge is 2.32. The molecule has 1 aliphatic heterocycles. The largest absolute Gasteiger partial charge is 0.295 e. The van der Waals surface area contributed by atoms with E-state index < -0.39 is 9.84 Å². The Balaban J connectivity index is 2.16. The molecule has 1 fully saturated rings. The summed E-state index contributed by atoms with van der Waals surface area (Å²) < 4.78 is 35.9. The van der Waals surface area contributed by atoms with Crippen molar-refractivity contribution in [2.45, 2.75) is 19.4 Å². The van der Waals surface area contributed by atoms with Crippen molar-refractivity contribution < 1.29 is 12.8 Å². The molecule has 0 N–H and O–H groups in total. The summed E-state index contributed by atoms with van der Waals surface area (Å²) in [5.41, 5.74) is 0.943. The monoisotopic (exact) mass is 285 g/mol. The molecule has 1 aliphatic rings. The second kappa shape index (κ2) is 5.59. The van der Waals surface area contributed by atoms with E-state index in [1.807, 2.05) is 6.07 Å². The van der Waals surface area contributed by atoms with Crippen LogP contribution < -0.4 is 0 Å². The van der Waals surface area contributed by atoms with Crippen molar-refractivity contribution in [3.05, 3.63) is 35.6 Å². The van der Waals surface area contributed by atoms with Crippen molar-refractivity contribution in [2.24, 2.45) is 5.92 Å². The number of rotatable bonds is 4. The average Bonchev–Trinajstić information content (AvgIpc) is 2.67. The normalized spacial score (nSPS) is 24.8. The number of sulfone groups is 1. The average molecular weight is 285 g/mol. The van der Waals surface area contributed by atoms with Gasteiger partial charge in [0.2, 0.25) is 0 Å². The first-order valence-corrected chi connectivity index (χ1v) is 8.60. The van der Waals surface area contributed by atoms with Crippen molar-refractivity contribution in [2.75, 3.05) is 25.1 Å². The first-order valence-electron chi connectivity index (χ1n) is 6.54. The third-order valence-electron chi connectivity index (χ3n) is 3.74. The topological polar surface area (TPSA) is 37.4 Å². The van der Waals surface area contributed by atoms with Gasteiger partial charge in [-0.1, -0.05) is 19.1 Å². The number of hydrogen-bond donors (Lipinski definition) is 0. The molecule has 1 aromatic carbocycles. The predicted molar refractivity (Wildman–Crippen MR) is 74.2 cm³/mol. The zero-order chi connectivity index (χ0) is 14.0. The molecule has 0 radical (unpaired) electrons. The van der Waals surface area contributed by atoms with Crippen molar-refractivity contribution >= 4 is 9.84 Å². The summed E-state index contributed by atoms with van der Waals surface area (Å²) in [6.07, 6.45) is 2.27. The fourth-order valence-electron chi connectivity index (χ4n) is 2.79. The van der Waals surface area contributed by atoms with E-state index in [0.717, 1.165) is 18.5 Å². The highest BCUT2D eigenvalue weighted by molar-refractivity contribution is 7.90. The maximum absolute atomic E-state index is 13.3. The quantitative estimate of drug-likeness (QED) is 0.851. The van der Waals surface area contributed by atoms with E-state index >= 15 is 0 Å². The molecule has 0 bridgehead atoms. The van der Waals surface area contributed by atoms with E-state index in [4.69, 9.17) is 0 Å². The fraction of sp³-hybridized carbons (Fsp3) is 0.571. The Morgan fingerprint density at radius 3 is 2.79 bits per heavy atom. The molecule has 1 heterocycles. The standard InChI is InChI=1S/C14H20FNO2S/c1-11-6-7-16(8-9-19(2,17)18)14(11)12-4-3-5-13(15)10-12/h3-5,10-11,14H,6-9H2,1-2H3/t11-,14+/m0/s1. The lowest BCUT2D eigenvalue weighted by molar-refractivity contribution is 0.246. The Hall–Kier alpha value is -0.940. The predicted octanol–water partition coefficient (Wildman–Crippen LogP) is 2.25. The van der Waals surface area contributed by atoms with Crippen LogP contribution >= 0.6 is 0 Å². The van der Waals surface area contributed by atoms with E-state index in [2.05, 4.69) is 11.8 Å². The summed E-state index contributed by atoms with van der Waals surface area (Å²) >= 11 is 0. The van der Waals surface area contributed by atoms with E-state index in [1.54, 1.807) is 12.1 Å². The first kappa shape index (κ1) is 14.5. The lowest BCUT2D eigenvalue weighted by Gasteiger charge is -2.27. The molecule has 0 unspecified atom stereocenters. The molecule has 1 saturated heterocycles. The summed E-state index contributed by atoms with van der Waals surface area (Å²) in [5.74, 6) is 0.340. The fourth-order valence-corrected chi connectivity index (χ4v) is 3.36. The van der Waals surface area contributed by atoms with E-state index in [0.29, 0.717) is 12.5 Å². The Morgan fingerprint density at radius 2 is 2.16 bits per heavy atom. The maximum atomic E-state index is 13.3. The van der Waals surface area contributed by atoms with Crippen LogP contribution in [0.25, 0.3) is 0 Å². The highest BCUT2D eigenvalue weighted by atomic mass is 32.2. The van der Waals surface area contributed by atoms with Crippen LogP contribution in [0.4, 0.5) is 4.39 Å². The zero-order valence-electron chi connectivity index (χ0n) is 11.3. The molecule has 106 valence electrons. The van der Waals surface area contributed by atoms with Gasteiger partial charge < -0.3 is 0 Å². The molecule has 3 nitrogen and oxygen atoms in total. The van der Waals surface area contributed by atoms with Gasteiger partial charge in [0.05, 0.1) is 5.75 Å². The minimum atomic E-state index is -2.96. The van der Waals surface area contributed by atoms with E-state index in [-0.39, 0.29) is 17.6 Å². The van der Waals surface area contributed by atoms with Gasteiger partial charge in [0.15, 0.2) is 0 Å². The lowest BCUT2D eigenvalue weighted by Crippen LogP contribution is -2.30. The van der Waals surface area contributed by atoms with Crippen molar-refractivity contribution in [1.82, 2.24) is 4.90 Å². The highest BCUT2D eigenvalue weighted by Crippen LogP contribution is 2.36. The molecular formula is C14H20FNO2S. The molecule has 0 aromatic heterocycles. The Labute approximate surface area is 114 Å².